The van der Waals surface area contributed by atoms with E-state index < -0.39 is 0 Å². The number of benzene rings is 2. The van der Waals surface area contributed by atoms with Crippen LogP contribution in [0.5, 0.6) is 5.75 Å². The van der Waals surface area contributed by atoms with Gasteiger partial charge in [0.1, 0.15) is 17.0 Å². The highest BCUT2D eigenvalue weighted by atomic mass is 16.5. The number of fused-ring (bicyclic) bond motifs is 2. The largest absolute Gasteiger partial charge is 0.497 e. The standard InChI is InChI=1S/C22H20N4O3/c1-28-14-11-9-13(10-12-14)20-19-16(6-4-7-17(19)27)23-21(25-20)26-22-24-15-5-2-3-8-18(15)29-22/h2-3,5,8-12,19-20H,4,6-7H2,1H3,(H,24,25,26). The molecule has 0 spiro atoms. The molecule has 1 aliphatic heterocycles. The van der Waals surface area contributed by atoms with Crippen LogP contribution in [0.2, 0.25) is 0 Å². The number of guanidine groups is 1. The van der Waals surface area contributed by atoms with Crippen molar-refractivity contribution >= 4 is 34.6 Å². The van der Waals surface area contributed by atoms with Gasteiger partial charge in [0, 0.05) is 12.1 Å². The highest BCUT2D eigenvalue weighted by molar-refractivity contribution is 6.14. The van der Waals surface area contributed by atoms with Gasteiger partial charge in [-0.05, 0) is 42.7 Å². The molecule has 0 bridgehead atoms. The van der Waals surface area contributed by atoms with Gasteiger partial charge < -0.3 is 9.15 Å². The number of nitrogens with one attached hydrogen (secondary N) is 1. The fourth-order valence-corrected chi connectivity index (χ4v) is 3.95. The first-order valence-electron chi connectivity index (χ1n) is 9.66. The third-order valence-corrected chi connectivity index (χ3v) is 5.36. The number of Topliss-reactive ketones (excluding diaryl/α,β-unsaturated/α-hetero) is 1. The monoisotopic (exact) mass is 388 g/mol. The van der Waals surface area contributed by atoms with E-state index in [-0.39, 0.29) is 17.7 Å². The number of rotatable bonds is 3. The first-order valence-corrected chi connectivity index (χ1v) is 9.66. The topological polar surface area (TPSA) is 89.1 Å². The maximum atomic E-state index is 12.7. The number of hydrogen-bond acceptors (Lipinski definition) is 7. The summed E-state index contributed by atoms with van der Waals surface area (Å²) in [5.74, 6) is 1.06. The molecule has 2 unspecified atom stereocenters. The second kappa shape index (κ2) is 7.16. The zero-order chi connectivity index (χ0) is 19.8. The van der Waals surface area contributed by atoms with Crippen molar-refractivity contribution in [3.8, 4) is 5.75 Å². The number of aromatic nitrogens is 1. The summed E-state index contributed by atoms with van der Waals surface area (Å²) in [5.41, 5.74) is 3.28. The van der Waals surface area contributed by atoms with Crippen molar-refractivity contribution < 1.29 is 13.9 Å². The Morgan fingerprint density at radius 3 is 2.72 bits per heavy atom. The average Bonchev–Trinajstić information content (AvgIpc) is 3.15. The molecule has 0 amide bonds. The van der Waals surface area contributed by atoms with Gasteiger partial charge in [-0.15, -0.1) is 0 Å². The summed E-state index contributed by atoms with van der Waals surface area (Å²) >= 11 is 0. The molecule has 5 rings (SSSR count). The summed E-state index contributed by atoms with van der Waals surface area (Å²) in [6.45, 7) is 0. The van der Waals surface area contributed by atoms with Crippen molar-refractivity contribution in [3.63, 3.8) is 0 Å². The van der Waals surface area contributed by atoms with Crippen LogP contribution >= 0.6 is 0 Å². The average molecular weight is 388 g/mol. The number of nitrogens with zero attached hydrogens (tertiary/aromatic N) is 3. The molecule has 0 saturated heterocycles. The van der Waals surface area contributed by atoms with Crippen LogP contribution in [-0.2, 0) is 4.79 Å². The highest BCUT2D eigenvalue weighted by Crippen LogP contribution is 2.37. The highest BCUT2D eigenvalue weighted by Gasteiger charge is 2.39. The number of anilines is 1. The second-order valence-corrected chi connectivity index (χ2v) is 7.18. The first-order chi connectivity index (χ1) is 14.2. The van der Waals surface area contributed by atoms with E-state index in [0.717, 1.165) is 35.4 Å². The van der Waals surface area contributed by atoms with Crippen LogP contribution in [0, 0.1) is 5.92 Å². The van der Waals surface area contributed by atoms with E-state index in [1.165, 1.54) is 0 Å². The van der Waals surface area contributed by atoms with E-state index in [0.29, 0.717) is 24.0 Å². The number of ether oxygens (including phenoxy) is 1. The molecular formula is C22H20N4O3. The Bertz CT molecular complexity index is 1100. The van der Waals surface area contributed by atoms with E-state index in [1.54, 1.807) is 7.11 Å². The minimum Gasteiger partial charge on any atom is -0.497 e. The zero-order valence-corrected chi connectivity index (χ0v) is 16.0. The zero-order valence-electron chi connectivity index (χ0n) is 16.0. The minimum absolute atomic E-state index is 0.195. The molecule has 1 N–H and O–H groups in total. The number of hydrogen-bond donors (Lipinski definition) is 1. The Morgan fingerprint density at radius 1 is 1.10 bits per heavy atom. The quantitative estimate of drug-likeness (QED) is 0.727. The molecule has 146 valence electrons. The van der Waals surface area contributed by atoms with E-state index >= 15 is 0 Å². The molecule has 1 saturated carbocycles. The molecule has 0 radical (unpaired) electrons. The molecule has 3 aromatic rings. The number of carbonyl (C=O) groups is 1. The molecule has 29 heavy (non-hydrogen) atoms. The molecular weight excluding hydrogens is 368 g/mol. The van der Waals surface area contributed by atoms with E-state index in [1.807, 2.05) is 48.5 Å². The van der Waals surface area contributed by atoms with Gasteiger partial charge in [0.2, 0.25) is 5.96 Å². The van der Waals surface area contributed by atoms with Crippen LogP contribution in [0.25, 0.3) is 11.1 Å². The molecule has 7 heteroatoms. The molecule has 7 nitrogen and oxygen atoms in total. The summed E-state index contributed by atoms with van der Waals surface area (Å²) in [5, 5.41) is 3.09. The van der Waals surface area contributed by atoms with Gasteiger partial charge in [0.25, 0.3) is 0 Å². The van der Waals surface area contributed by atoms with Gasteiger partial charge in [-0.1, -0.05) is 24.3 Å². The van der Waals surface area contributed by atoms with Crippen LogP contribution in [0.3, 0.4) is 0 Å². The van der Waals surface area contributed by atoms with Crippen molar-refractivity contribution in [2.75, 3.05) is 12.4 Å². The summed E-state index contributed by atoms with van der Waals surface area (Å²) in [7, 11) is 1.63. The van der Waals surface area contributed by atoms with Crippen molar-refractivity contribution in [1.29, 1.82) is 0 Å². The van der Waals surface area contributed by atoms with E-state index in [9.17, 15) is 4.79 Å². The molecule has 2 heterocycles. The van der Waals surface area contributed by atoms with Gasteiger partial charge in [-0.2, -0.15) is 4.98 Å². The number of aliphatic imine (C=N–C) groups is 2. The van der Waals surface area contributed by atoms with Crippen molar-refractivity contribution in [2.45, 2.75) is 25.3 Å². The van der Waals surface area contributed by atoms with Crippen LogP contribution in [0.15, 0.2) is 62.9 Å². The van der Waals surface area contributed by atoms with Crippen molar-refractivity contribution in [2.24, 2.45) is 15.9 Å². The molecule has 2 atom stereocenters. The maximum absolute atomic E-state index is 12.7. The van der Waals surface area contributed by atoms with E-state index in [4.69, 9.17) is 14.1 Å². The summed E-state index contributed by atoms with van der Waals surface area (Å²) < 4.78 is 11.0. The lowest BCUT2D eigenvalue weighted by molar-refractivity contribution is -0.122. The Morgan fingerprint density at radius 2 is 1.93 bits per heavy atom. The van der Waals surface area contributed by atoms with Gasteiger partial charge >= 0.3 is 6.01 Å². The van der Waals surface area contributed by atoms with Crippen molar-refractivity contribution in [1.82, 2.24) is 4.98 Å². The Kier molecular flexibility index (Phi) is 4.35. The fraction of sp³-hybridized carbons (Fsp3) is 0.273. The third-order valence-electron chi connectivity index (χ3n) is 5.36. The summed E-state index contributed by atoms with van der Waals surface area (Å²) in [6.07, 6.45) is 2.18. The Labute approximate surface area is 167 Å². The van der Waals surface area contributed by atoms with E-state index in [2.05, 4.69) is 15.3 Å². The summed E-state index contributed by atoms with van der Waals surface area (Å²) in [4.78, 5) is 26.5. The van der Waals surface area contributed by atoms with Crippen LogP contribution in [-0.4, -0.2) is 29.5 Å². The lowest BCUT2D eigenvalue weighted by Gasteiger charge is -2.31. The minimum atomic E-state index is -0.326. The number of methoxy groups -OCH3 is 1. The van der Waals surface area contributed by atoms with Crippen molar-refractivity contribution in [3.05, 3.63) is 54.1 Å². The number of carbonyl (C=O) groups excluding carboxylic acids is 1. The van der Waals surface area contributed by atoms with Gasteiger partial charge in [0.05, 0.1) is 19.1 Å². The van der Waals surface area contributed by atoms with Gasteiger partial charge in [0.15, 0.2) is 5.58 Å². The first kappa shape index (κ1) is 17.6. The van der Waals surface area contributed by atoms with Crippen LogP contribution in [0.1, 0.15) is 30.9 Å². The predicted octanol–water partition coefficient (Wildman–Crippen LogP) is 4.17. The lowest BCUT2D eigenvalue weighted by atomic mass is 9.78. The van der Waals surface area contributed by atoms with Gasteiger partial charge in [-0.25, -0.2) is 9.98 Å². The fourth-order valence-electron chi connectivity index (χ4n) is 3.95. The van der Waals surface area contributed by atoms with Gasteiger partial charge in [-0.3, -0.25) is 10.1 Å². The molecule has 1 aromatic heterocycles. The molecule has 1 aliphatic carbocycles. The maximum Gasteiger partial charge on any atom is 0.302 e. The predicted molar refractivity (Wildman–Crippen MR) is 111 cm³/mol. The van der Waals surface area contributed by atoms with Crippen LogP contribution < -0.4 is 10.1 Å². The van der Waals surface area contributed by atoms with Crippen LogP contribution in [0.4, 0.5) is 6.01 Å². The molecule has 2 aliphatic rings. The number of ketones is 1. The lowest BCUT2D eigenvalue weighted by Crippen LogP contribution is -2.37. The molecule has 1 fully saturated rings. The number of oxazole rings is 1. The Balaban J connectivity index is 1.51. The smallest absolute Gasteiger partial charge is 0.302 e. The second-order valence-electron chi connectivity index (χ2n) is 7.18. The normalized spacial score (nSPS) is 21.3. The SMILES string of the molecule is COc1ccc(C2N=C(Nc3nc4ccccc4o3)N=C3CCCC(=O)C32)cc1. The number of para-hydroxylation sites is 2. The Hall–Kier alpha value is -3.48. The molecule has 2 aromatic carbocycles. The third kappa shape index (κ3) is 3.29. The summed E-state index contributed by atoms with van der Waals surface area (Å²) in [6, 6.07) is 15.2.